The lowest BCUT2D eigenvalue weighted by Gasteiger charge is -2.34. The van der Waals surface area contributed by atoms with Crippen LogP contribution in [0, 0.1) is 5.92 Å². The number of carbonyl (C=O) groups is 1. The number of carboxylic acids is 1. The van der Waals surface area contributed by atoms with Crippen molar-refractivity contribution in [3.63, 3.8) is 0 Å². The van der Waals surface area contributed by atoms with Crippen molar-refractivity contribution in [1.29, 1.82) is 0 Å². The summed E-state index contributed by atoms with van der Waals surface area (Å²) in [5.74, 6) is 0.624. The summed E-state index contributed by atoms with van der Waals surface area (Å²) in [7, 11) is 0. The zero-order valence-corrected chi connectivity index (χ0v) is 20.3. The molecule has 0 aromatic heterocycles. The first-order valence-electron chi connectivity index (χ1n) is 10.7. The second-order valence-corrected chi connectivity index (χ2v) is 8.85. The highest BCUT2D eigenvalue weighted by Gasteiger charge is 2.32. The highest BCUT2D eigenvalue weighted by Crippen LogP contribution is 2.50. The largest absolute Gasteiger partial charge is 0.492 e. The summed E-state index contributed by atoms with van der Waals surface area (Å²) in [5, 5.41) is 9.37. The molecule has 2 rings (SSSR count). The Hall–Kier alpha value is -2.46. The summed E-state index contributed by atoms with van der Waals surface area (Å²) in [5.41, 5.74) is 4.36. The molecule has 0 radical (unpaired) electrons. The Bertz CT molecular complexity index is 962. The molecule has 0 saturated heterocycles. The number of aliphatic carboxylic acids is 1. The van der Waals surface area contributed by atoms with E-state index >= 15 is 0 Å². The molecule has 0 spiro atoms. The Morgan fingerprint density at radius 3 is 2.55 bits per heavy atom. The van der Waals surface area contributed by atoms with Crippen molar-refractivity contribution in [3.05, 3.63) is 58.2 Å². The first-order valence-corrected chi connectivity index (χ1v) is 11.1. The Morgan fingerprint density at radius 2 is 2.00 bits per heavy atom. The van der Waals surface area contributed by atoms with E-state index in [2.05, 4.69) is 32.9 Å². The normalized spacial score (nSPS) is 16.2. The van der Waals surface area contributed by atoms with E-state index in [9.17, 15) is 4.79 Å². The molecular formula is C26H33ClO4. The quantitative estimate of drug-likeness (QED) is 0.337. The Kier molecular flexibility index (Phi) is 8.19. The smallest absolute Gasteiger partial charge is 0.328 e. The van der Waals surface area contributed by atoms with Crippen molar-refractivity contribution in [1.82, 2.24) is 0 Å². The predicted molar refractivity (Wildman–Crippen MR) is 129 cm³/mol. The Morgan fingerprint density at radius 1 is 1.32 bits per heavy atom. The van der Waals surface area contributed by atoms with E-state index in [-0.39, 0.29) is 0 Å². The van der Waals surface area contributed by atoms with E-state index in [1.54, 1.807) is 13.0 Å². The lowest BCUT2D eigenvalue weighted by molar-refractivity contribution is -0.131. The average Bonchev–Trinajstić information content (AvgIpc) is 2.66. The van der Waals surface area contributed by atoms with Crippen LogP contribution in [-0.2, 0) is 4.79 Å². The summed E-state index contributed by atoms with van der Waals surface area (Å²) in [6.45, 7) is 14.6. The van der Waals surface area contributed by atoms with Gasteiger partial charge in [0.2, 0.25) is 0 Å². The van der Waals surface area contributed by atoms with Gasteiger partial charge in [-0.3, -0.25) is 0 Å². The van der Waals surface area contributed by atoms with Crippen LogP contribution in [0.2, 0.25) is 5.02 Å². The maximum Gasteiger partial charge on any atom is 0.328 e. The van der Waals surface area contributed by atoms with Crippen LogP contribution < -0.4 is 9.47 Å². The molecule has 1 heterocycles. The number of hydrogen-bond acceptors (Lipinski definition) is 3. The first kappa shape index (κ1) is 24.8. The third-order valence-electron chi connectivity index (χ3n) is 5.00. The molecule has 0 amide bonds. The number of allylic oxidation sites excluding steroid dienone is 6. The summed E-state index contributed by atoms with van der Waals surface area (Å²) >= 11 is 6.85. The number of ether oxygens (including phenoxy) is 2. The van der Waals surface area contributed by atoms with Crippen molar-refractivity contribution < 1.29 is 19.4 Å². The van der Waals surface area contributed by atoms with Crippen molar-refractivity contribution in [2.24, 2.45) is 5.92 Å². The van der Waals surface area contributed by atoms with Gasteiger partial charge in [-0.15, -0.1) is 0 Å². The van der Waals surface area contributed by atoms with Gasteiger partial charge in [0.1, 0.15) is 16.4 Å². The van der Waals surface area contributed by atoms with E-state index in [4.69, 9.17) is 26.2 Å². The van der Waals surface area contributed by atoms with Crippen LogP contribution in [0.3, 0.4) is 0 Å². The number of fused-ring (bicyclic) bond motifs is 1. The molecule has 168 valence electrons. The molecule has 1 N–H and O–H groups in total. The number of rotatable bonds is 8. The van der Waals surface area contributed by atoms with E-state index in [1.807, 2.05) is 32.9 Å². The monoisotopic (exact) mass is 444 g/mol. The van der Waals surface area contributed by atoms with Gasteiger partial charge >= 0.3 is 5.97 Å². The van der Waals surface area contributed by atoms with Crippen LogP contribution in [0.4, 0.5) is 0 Å². The van der Waals surface area contributed by atoms with Gasteiger partial charge in [0, 0.05) is 17.2 Å². The van der Waals surface area contributed by atoms with Gasteiger partial charge in [-0.2, -0.15) is 0 Å². The summed E-state index contributed by atoms with van der Waals surface area (Å²) in [4.78, 5) is 10.8. The molecule has 4 nitrogen and oxygen atoms in total. The summed E-state index contributed by atoms with van der Waals surface area (Å²) in [6.07, 6.45) is 9.71. The average molecular weight is 445 g/mol. The van der Waals surface area contributed by atoms with Gasteiger partial charge < -0.3 is 14.6 Å². The van der Waals surface area contributed by atoms with E-state index in [0.29, 0.717) is 34.6 Å². The molecule has 0 atom stereocenters. The SMILES string of the molecule is CCOc1c(\C(=C/C=C/C(C)=C/C(=O)O)CC)cc2c(c1Cl)OC(C)(C)C=C2C(C)C. The van der Waals surface area contributed by atoms with Gasteiger partial charge in [-0.05, 0) is 68.9 Å². The highest BCUT2D eigenvalue weighted by molar-refractivity contribution is 6.34. The molecule has 1 aliphatic heterocycles. The van der Waals surface area contributed by atoms with Crippen LogP contribution in [0.25, 0.3) is 11.1 Å². The summed E-state index contributed by atoms with van der Waals surface area (Å²) in [6, 6.07) is 2.11. The van der Waals surface area contributed by atoms with Crippen LogP contribution in [0.5, 0.6) is 11.5 Å². The summed E-state index contributed by atoms with van der Waals surface area (Å²) < 4.78 is 12.2. The number of halogens is 1. The topological polar surface area (TPSA) is 55.8 Å². The van der Waals surface area contributed by atoms with E-state index in [0.717, 1.165) is 23.1 Å². The predicted octanol–water partition coefficient (Wildman–Crippen LogP) is 7.33. The van der Waals surface area contributed by atoms with Crippen LogP contribution in [-0.4, -0.2) is 23.3 Å². The van der Waals surface area contributed by atoms with Gasteiger partial charge in [0.25, 0.3) is 0 Å². The molecule has 0 bridgehead atoms. The molecule has 31 heavy (non-hydrogen) atoms. The number of benzene rings is 1. The molecule has 0 saturated carbocycles. The molecule has 0 unspecified atom stereocenters. The molecular weight excluding hydrogens is 412 g/mol. The van der Waals surface area contributed by atoms with Crippen molar-refractivity contribution in [3.8, 4) is 11.5 Å². The second kappa shape index (κ2) is 10.2. The maximum absolute atomic E-state index is 10.8. The van der Waals surface area contributed by atoms with Gasteiger partial charge in [0.15, 0.2) is 5.75 Å². The van der Waals surface area contributed by atoms with Crippen LogP contribution in [0.1, 0.15) is 66.0 Å². The van der Waals surface area contributed by atoms with Gasteiger partial charge in [-0.1, -0.05) is 50.6 Å². The lowest BCUT2D eigenvalue weighted by Crippen LogP contribution is -2.30. The minimum Gasteiger partial charge on any atom is -0.492 e. The lowest BCUT2D eigenvalue weighted by atomic mass is 9.85. The number of carboxylic acid groups (broad SMARTS) is 1. The molecule has 1 aliphatic rings. The molecule has 1 aromatic carbocycles. The third kappa shape index (κ3) is 6.04. The Labute approximate surface area is 190 Å². The highest BCUT2D eigenvalue weighted by atomic mass is 35.5. The van der Waals surface area contributed by atoms with E-state index in [1.165, 1.54) is 11.6 Å². The Balaban J connectivity index is 2.68. The van der Waals surface area contributed by atoms with Crippen LogP contribution in [0.15, 0.2) is 42.0 Å². The fourth-order valence-electron chi connectivity index (χ4n) is 3.63. The zero-order valence-electron chi connectivity index (χ0n) is 19.5. The second-order valence-electron chi connectivity index (χ2n) is 8.47. The van der Waals surface area contributed by atoms with Crippen molar-refractivity contribution >= 4 is 28.7 Å². The fourth-order valence-corrected chi connectivity index (χ4v) is 3.93. The van der Waals surface area contributed by atoms with Gasteiger partial charge in [0.05, 0.1) is 6.61 Å². The van der Waals surface area contributed by atoms with Crippen molar-refractivity contribution in [2.75, 3.05) is 6.61 Å². The molecule has 5 heteroatoms. The minimum atomic E-state index is -0.960. The fraction of sp³-hybridized carbons (Fsp3) is 0.423. The molecule has 0 fully saturated rings. The van der Waals surface area contributed by atoms with Gasteiger partial charge in [-0.25, -0.2) is 4.79 Å². The zero-order chi connectivity index (χ0) is 23.3. The minimum absolute atomic E-state index is 0.307. The third-order valence-corrected chi connectivity index (χ3v) is 5.34. The molecule has 1 aromatic rings. The first-order chi connectivity index (χ1) is 14.5. The van der Waals surface area contributed by atoms with Crippen molar-refractivity contribution in [2.45, 2.75) is 60.5 Å². The maximum atomic E-state index is 10.8. The van der Waals surface area contributed by atoms with Crippen LogP contribution >= 0.6 is 11.6 Å². The van der Waals surface area contributed by atoms with E-state index < -0.39 is 11.6 Å². The number of hydrogen-bond donors (Lipinski definition) is 1. The molecule has 0 aliphatic carbocycles. The standard InChI is InChI=1S/C26H33ClO4/c1-8-18(12-10-11-17(5)13-22(28)29)19-14-20-21(16(3)4)15-26(6,7)31-25(20)23(27)24(19)30-9-2/h10-16H,8-9H2,1-7H3,(H,28,29)/b11-10+,17-13+,18-12-.